The molecule has 6 nitrogen and oxygen atoms in total. The zero-order chi connectivity index (χ0) is 14.8. The van der Waals surface area contributed by atoms with Crippen LogP contribution in [0.3, 0.4) is 0 Å². The van der Waals surface area contributed by atoms with Crippen LogP contribution in [0.4, 0.5) is 11.6 Å². The van der Waals surface area contributed by atoms with Gasteiger partial charge in [0.1, 0.15) is 0 Å². The van der Waals surface area contributed by atoms with E-state index in [-0.39, 0.29) is 16.5 Å². The van der Waals surface area contributed by atoms with Crippen LogP contribution in [-0.4, -0.2) is 32.9 Å². The molecule has 0 amide bonds. The van der Waals surface area contributed by atoms with Crippen molar-refractivity contribution in [3.05, 3.63) is 14.4 Å². The summed E-state index contributed by atoms with van der Waals surface area (Å²) in [6, 6.07) is 0. The Bertz CT molecular complexity index is 550. The van der Waals surface area contributed by atoms with Crippen molar-refractivity contribution in [3.63, 3.8) is 0 Å². The third-order valence-electron chi connectivity index (χ3n) is 1.62. The highest BCUT2D eigenvalue weighted by Crippen LogP contribution is 2.30. The molecule has 0 aliphatic heterocycles. The summed E-state index contributed by atoms with van der Waals surface area (Å²) >= 11 is 6.49. The zero-order valence-electron chi connectivity index (χ0n) is 11.3. The Hall–Kier alpha value is -0.410. The van der Waals surface area contributed by atoms with Gasteiger partial charge in [-0.25, -0.2) is 4.98 Å². The number of halogens is 2. The van der Waals surface area contributed by atoms with Crippen molar-refractivity contribution >= 4 is 54.2 Å². The van der Waals surface area contributed by atoms with Crippen LogP contribution in [0.5, 0.6) is 0 Å². The molecular weight excluding hydrogens is 398 g/mol. The van der Waals surface area contributed by atoms with Gasteiger partial charge in [0.2, 0.25) is 4.60 Å². The molecule has 0 bridgehead atoms. The van der Waals surface area contributed by atoms with E-state index in [1.165, 1.54) is 0 Å². The Kier molecular flexibility index (Phi) is 5.57. The fourth-order valence-electron chi connectivity index (χ4n) is 1.05. The molecule has 0 saturated carbocycles. The van der Waals surface area contributed by atoms with Gasteiger partial charge in [0.15, 0.2) is 4.60 Å². The van der Waals surface area contributed by atoms with Gasteiger partial charge in [0.05, 0.1) is 5.54 Å². The first kappa shape index (κ1) is 16.6. The first-order valence-corrected chi connectivity index (χ1v) is 8.91. The normalized spacial score (nSPS) is 12.9. The molecule has 0 aromatic carbocycles. The second kappa shape index (κ2) is 6.36. The molecule has 0 radical (unpaired) electrons. The number of azo groups is 1. The Morgan fingerprint density at radius 3 is 2.21 bits per heavy atom. The monoisotopic (exact) mass is 411 g/mol. The standard InChI is InChI=1S/C10H15Br2N5OS/c1-10(2,3)16-17(18)9-7(12)13-6(11)8(14-9)15-19(4)5/h1-5H3. The summed E-state index contributed by atoms with van der Waals surface area (Å²) in [6.07, 6.45) is 3.90. The average Bonchev–Trinajstić information content (AvgIpc) is 2.18. The number of hydrogen-bond donors (Lipinski definition) is 0. The number of rotatable bonds is 2. The van der Waals surface area contributed by atoms with Crippen LogP contribution >= 0.6 is 31.9 Å². The largest absolute Gasteiger partial charge is 0.691 e. The first-order valence-electron chi connectivity index (χ1n) is 5.32. The Morgan fingerprint density at radius 1 is 1.16 bits per heavy atom. The van der Waals surface area contributed by atoms with Crippen LogP contribution in [0, 0.1) is 5.21 Å². The van der Waals surface area contributed by atoms with Gasteiger partial charge in [0.25, 0.3) is 0 Å². The SMILES string of the molecule is CS(C)=Nc1nc([N+]([O-])=NC(C)(C)C)c(Br)nc1Br. The third-order valence-corrected chi connectivity index (χ3v) is 3.22. The molecule has 9 heteroatoms. The van der Waals surface area contributed by atoms with Crippen LogP contribution in [0.25, 0.3) is 0 Å². The summed E-state index contributed by atoms with van der Waals surface area (Å²) in [5.41, 5.74) is -0.493. The van der Waals surface area contributed by atoms with Crippen LogP contribution in [0.2, 0.25) is 0 Å². The summed E-state index contributed by atoms with van der Waals surface area (Å²) in [7, 11) is -0.198. The van der Waals surface area contributed by atoms with Gasteiger partial charge in [-0.2, -0.15) is 4.36 Å². The highest BCUT2D eigenvalue weighted by atomic mass is 79.9. The molecule has 0 spiro atoms. The molecular formula is C10H15Br2N5OS. The summed E-state index contributed by atoms with van der Waals surface area (Å²) in [6.45, 7) is 5.50. The van der Waals surface area contributed by atoms with Crippen LogP contribution in [0.15, 0.2) is 18.7 Å². The molecule has 1 aromatic rings. The molecule has 0 fully saturated rings. The van der Waals surface area contributed by atoms with Crippen molar-refractivity contribution in [2.24, 2.45) is 9.48 Å². The molecule has 0 N–H and O–H groups in total. The van der Waals surface area contributed by atoms with Crippen molar-refractivity contribution in [3.8, 4) is 0 Å². The molecule has 0 aliphatic rings. The lowest BCUT2D eigenvalue weighted by Crippen LogP contribution is -2.13. The maximum absolute atomic E-state index is 12.0. The molecule has 1 aromatic heterocycles. The molecule has 106 valence electrons. The quantitative estimate of drug-likeness (QED) is 0.417. The topological polar surface area (TPSA) is 76.6 Å². The van der Waals surface area contributed by atoms with Gasteiger partial charge in [-0.3, -0.25) is 0 Å². The molecule has 19 heavy (non-hydrogen) atoms. The molecule has 0 saturated heterocycles. The van der Waals surface area contributed by atoms with Crippen LogP contribution < -0.4 is 0 Å². The van der Waals surface area contributed by atoms with E-state index < -0.39 is 5.54 Å². The minimum absolute atomic E-state index is 0.0994. The van der Waals surface area contributed by atoms with Crippen molar-refractivity contribution in [1.29, 1.82) is 0 Å². The summed E-state index contributed by atoms with van der Waals surface area (Å²) in [5, 5.41) is 16.0. The third kappa shape index (κ3) is 5.23. The minimum atomic E-state index is -0.493. The van der Waals surface area contributed by atoms with Gasteiger partial charge < -0.3 is 5.21 Å². The number of aromatic nitrogens is 2. The summed E-state index contributed by atoms with van der Waals surface area (Å²) in [4.78, 5) is 8.84. The van der Waals surface area contributed by atoms with E-state index in [1.807, 2.05) is 33.3 Å². The molecule has 0 atom stereocenters. The number of nitrogens with zero attached hydrogens (tertiary/aromatic N) is 5. The highest BCUT2D eigenvalue weighted by molar-refractivity contribution is 9.11. The molecule has 0 aliphatic carbocycles. The average molecular weight is 413 g/mol. The van der Waals surface area contributed by atoms with Gasteiger partial charge >= 0.3 is 11.6 Å². The van der Waals surface area contributed by atoms with E-state index >= 15 is 0 Å². The maximum Gasteiger partial charge on any atom is 0.382 e. The van der Waals surface area contributed by atoms with Gasteiger partial charge in [-0.15, -0.1) is 9.97 Å². The van der Waals surface area contributed by atoms with E-state index in [4.69, 9.17) is 0 Å². The van der Waals surface area contributed by atoms with E-state index in [9.17, 15) is 5.21 Å². The second-order valence-corrected chi connectivity index (χ2v) is 8.09. The van der Waals surface area contributed by atoms with E-state index in [1.54, 1.807) is 0 Å². The van der Waals surface area contributed by atoms with Gasteiger partial charge in [0, 0.05) is 0 Å². The van der Waals surface area contributed by atoms with Crippen LogP contribution in [0.1, 0.15) is 20.8 Å². The van der Waals surface area contributed by atoms with Crippen molar-refractivity contribution in [2.75, 3.05) is 12.5 Å². The lowest BCUT2D eigenvalue weighted by Gasteiger charge is -2.13. The van der Waals surface area contributed by atoms with E-state index in [0.29, 0.717) is 19.9 Å². The second-order valence-electron chi connectivity index (χ2n) is 4.86. The van der Waals surface area contributed by atoms with Gasteiger partial charge in [-0.05, 0) is 70.1 Å². The summed E-state index contributed by atoms with van der Waals surface area (Å²) < 4.78 is 5.14. The van der Waals surface area contributed by atoms with E-state index in [2.05, 4.69) is 51.3 Å². The molecule has 1 rings (SSSR count). The van der Waals surface area contributed by atoms with Crippen molar-refractivity contribution < 1.29 is 4.86 Å². The zero-order valence-corrected chi connectivity index (χ0v) is 15.3. The number of hydrogen-bond acceptors (Lipinski definition) is 5. The highest BCUT2D eigenvalue weighted by Gasteiger charge is 2.22. The predicted octanol–water partition coefficient (Wildman–Crippen LogP) is 4.09. The van der Waals surface area contributed by atoms with E-state index in [0.717, 1.165) is 0 Å². The summed E-state index contributed by atoms with van der Waals surface area (Å²) in [5.74, 6) is 0.499. The lowest BCUT2D eigenvalue weighted by atomic mass is 10.1. The Labute approximate surface area is 131 Å². The smallest absolute Gasteiger partial charge is 0.382 e. The Morgan fingerprint density at radius 2 is 1.74 bits per heavy atom. The first-order chi connectivity index (χ1) is 8.60. The Balaban J connectivity index is 3.37. The lowest BCUT2D eigenvalue weighted by molar-refractivity contribution is -0.454. The fourth-order valence-corrected chi connectivity index (χ4v) is 2.65. The molecule has 1 heterocycles. The fraction of sp³-hybridized carbons (Fsp3) is 0.600. The van der Waals surface area contributed by atoms with Crippen LogP contribution in [-0.2, 0) is 10.7 Å². The maximum atomic E-state index is 12.0. The predicted molar refractivity (Wildman–Crippen MR) is 84.2 cm³/mol. The van der Waals surface area contributed by atoms with Crippen molar-refractivity contribution in [2.45, 2.75) is 26.3 Å². The molecule has 0 unspecified atom stereocenters. The van der Waals surface area contributed by atoms with Crippen molar-refractivity contribution in [1.82, 2.24) is 9.97 Å². The minimum Gasteiger partial charge on any atom is -0.691 e. The van der Waals surface area contributed by atoms with Gasteiger partial charge in [-0.1, -0.05) is 10.7 Å².